The molecule has 0 fully saturated rings. The summed E-state index contributed by atoms with van der Waals surface area (Å²) in [4.78, 5) is 46.9. The number of furan rings is 1. The van der Waals surface area contributed by atoms with Gasteiger partial charge in [0.25, 0.3) is 0 Å². The lowest BCUT2D eigenvalue weighted by atomic mass is 9.95. The van der Waals surface area contributed by atoms with Gasteiger partial charge in [0.2, 0.25) is 0 Å². The number of benzene rings is 2. The van der Waals surface area contributed by atoms with Crippen LogP contribution in [0, 0.1) is 6.92 Å². The Morgan fingerprint density at radius 2 is 1.36 bits per heavy atom. The van der Waals surface area contributed by atoms with Crippen LogP contribution in [0.2, 0.25) is 0 Å². The van der Waals surface area contributed by atoms with Crippen molar-refractivity contribution >= 4 is 34.7 Å². The van der Waals surface area contributed by atoms with E-state index in [4.69, 9.17) is 29.0 Å². The van der Waals surface area contributed by atoms with Crippen molar-refractivity contribution in [2.75, 3.05) is 26.7 Å². The first-order chi connectivity index (χ1) is 21.1. The van der Waals surface area contributed by atoms with Crippen LogP contribution in [0.25, 0.3) is 11.0 Å². The molecule has 0 aliphatic rings. The molecule has 1 heterocycles. The van der Waals surface area contributed by atoms with Crippen LogP contribution in [0.15, 0.2) is 40.8 Å². The maximum Gasteiger partial charge on any atom is 0.414 e. The fourth-order valence-electron chi connectivity index (χ4n) is 4.96. The smallest absolute Gasteiger partial charge is 0.414 e. The molecule has 3 rings (SSSR count). The molecule has 2 aromatic carbocycles. The number of carbonyl (C=O) groups is 4. The molecule has 44 heavy (non-hydrogen) atoms. The number of hydrogen-bond donors (Lipinski definition) is 2. The average Bonchev–Trinajstić information content (AvgIpc) is 3.37. The Kier molecular flexibility index (Phi) is 15.3. The molecule has 0 radical (unpaired) electrons. The predicted molar refractivity (Wildman–Crippen MR) is 171 cm³/mol. The Labute approximate surface area is 260 Å². The standard InChI is InChI=1S/C33H45NO4.C2H2O4/c1-6-9-14-29-31(28-23-27(33(36)37-5)24(4)22-30(28)38-29)32(35)26-17-15-25(16-18-26)13-12-21-34(19-10-7-2)20-11-8-3;3-1(4)2(5)6/h15-18,22-23H,6-14,19-21H2,1-5H3;(H,3,4)(H,5,6). The van der Waals surface area contributed by atoms with E-state index in [-0.39, 0.29) is 5.78 Å². The van der Waals surface area contributed by atoms with Gasteiger partial charge in [-0.2, -0.15) is 0 Å². The van der Waals surface area contributed by atoms with Crippen LogP contribution < -0.4 is 0 Å². The van der Waals surface area contributed by atoms with Crippen molar-refractivity contribution < 1.29 is 38.5 Å². The van der Waals surface area contributed by atoms with E-state index in [1.54, 1.807) is 6.07 Å². The number of ketones is 1. The number of fused-ring (bicyclic) bond motifs is 1. The molecule has 0 bridgehead atoms. The van der Waals surface area contributed by atoms with Gasteiger partial charge < -0.3 is 24.3 Å². The number of methoxy groups -OCH3 is 1. The van der Waals surface area contributed by atoms with E-state index in [1.807, 2.05) is 25.1 Å². The topological polar surface area (TPSA) is 134 Å². The Balaban J connectivity index is 0.00000102. The number of esters is 1. The minimum atomic E-state index is -1.82. The fraction of sp³-hybridized carbons (Fsp3) is 0.486. The Bertz CT molecular complexity index is 1370. The third-order valence-corrected chi connectivity index (χ3v) is 7.49. The summed E-state index contributed by atoms with van der Waals surface area (Å²) in [6, 6.07) is 11.6. The summed E-state index contributed by atoms with van der Waals surface area (Å²) < 4.78 is 11.1. The summed E-state index contributed by atoms with van der Waals surface area (Å²) in [6.07, 6.45) is 9.69. The lowest BCUT2D eigenvalue weighted by molar-refractivity contribution is -0.159. The van der Waals surface area contributed by atoms with Gasteiger partial charge in [-0.15, -0.1) is 0 Å². The van der Waals surface area contributed by atoms with Crippen molar-refractivity contribution in [2.45, 2.75) is 85.5 Å². The Morgan fingerprint density at radius 1 is 0.795 bits per heavy atom. The number of unbranched alkanes of at least 4 members (excludes halogenated alkanes) is 3. The third kappa shape index (κ3) is 10.6. The lowest BCUT2D eigenvalue weighted by Gasteiger charge is -2.21. The summed E-state index contributed by atoms with van der Waals surface area (Å²) >= 11 is 0. The maximum absolute atomic E-state index is 13.8. The minimum Gasteiger partial charge on any atom is -0.473 e. The lowest BCUT2D eigenvalue weighted by Crippen LogP contribution is -2.27. The normalized spacial score (nSPS) is 10.9. The number of aliphatic carboxylic acids is 2. The van der Waals surface area contributed by atoms with E-state index in [9.17, 15) is 9.59 Å². The minimum absolute atomic E-state index is 0.0635. The average molecular weight is 610 g/mol. The zero-order valence-corrected chi connectivity index (χ0v) is 26.7. The maximum atomic E-state index is 13.8. The predicted octanol–water partition coefficient (Wildman–Crippen LogP) is 7.09. The van der Waals surface area contributed by atoms with E-state index in [2.05, 4.69) is 37.8 Å². The van der Waals surface area contributed by atoms with E-state index in [0.717, 1.165) is 37.8 Å². The van der Waals surface area contributed by atoms with Gasteiger partial charge in [0.05, 0.1) is 18.2 Å². The van der Waals surface area contributed by atoms with Crippen LogP contribution in [0.3, 0.4) is 0 Å². The Morgan fingerprint density at radius 3 is 1.89 bits per heavy atom. The van der Waals surface area contributed by atoms with E-state index < -0.39 is 17.9 Å². The molecule has 240 valence electrons. The molecule has 3 aromatic rings. The molecular weight excluding hydrogens is 562 g/mol. The van der Waals surface area contributed by atoms with Crippen LogP contribution in [0.5, 0.6) is 0 Å². The number of aryl methyl sites for hydroxylation is 3. The van der Waals surface area contributed by atoms with Crippen molar-refractivity contribution in [3.63, 3.8) is 0 Å². The van der Waals surface area contributed by atoms with Gasteiger partial charge in [-0.25, -0.2) is 14.4 Å². The third-order valence-electron chi connectivity index (χ3n) is 7.49. The zero-order chi connectivity index (χ0) is 32.6. The van der Waals surface area contributed by atoms with Crippen molar-refractivity contribution in [3.8, 4) is 0 Å². The first-order valence-corrected chi connectivity index (χ1v) is 15.5. The first kappa shape index (κ1) is 36.2. The van der Waals surface area contributed by atoms with Gasteiger partial charge in [0.15, 0.2) is 5.78 Å². The van der Waals surface area contributed by atoms with Gasteiger partial charge in [-0.1, -0.05) is 64.3 Å². The second-order valence-electron chi connectivity index (χ2n) is 10.9. The quantitative estimate of drug-likeness (QED) is 0.0991. The zero-order valence-electron chi connectivity index (χ0n) is 26.7. The molecule has 2 N–H and O–H groups in total. The van der Waals surface area contributed by atoms with Gasteiger partial charge in [0.1, 0.15) is 11.3 Å². The van der Waals surface area contributed by atoms with E-state index in [1.165, 1.54) is 51.4 Å². The van der Waals surface area contributed by atoms with Gasteiger partial charge in [0, 0.05) is 17.4 Å². The van der Waals surface area contributed by atoms with Crippen LogP contribution in [-0.2, 0) is 27.2 Å². The number of carbonyl (C=O) groups excluding carboxylic acids is 2. The van der Waals surface area contributed by atoms with Crippen LogP contribution in [-0.4, -0.2) is 65.5 Å². The molecule has 0 saturated carbocycles. The van der Waals surface area contributed by atoms with Crippen LogP contribution in [0.1, 0.15) is 109 Å². The summed E-state index contributed by atoms with van der Waals surface area (Å²) in [5.74, 6) is -3.43. The molecule has 9 nitrogen and oxygen atoms in total. The number of rotatable bonds is 16. The van der Waals surface area contributed by atoms with Gasteiger partial charge >= 0.3 is 17.9 Å². The van der Waals surface area contributed by atoms with E-state index in [0.29, 0.717) is 39.8 Å². The number of ether oxygens (including phenoxy) is 1. The van der Waals surface area contributed by atoms with Crippen molar-refractivity contribution in [2.24, 2.45) is 0 Å². The highest BCUT2D eigenvalue weighted by atomic mass is 16.5. The number of carboxylic acids is 2. The monoisotopic (exact) mass is 609 g/mol. The summed E-state index contributed by atoms with van der Waals surface area (Å²) in [6.45, 7) is 11.9. The van der Waals surface area contributed by atoms with Crippen molar-refractivity contribution in [1.82, 2.24) is 4.90 Å². The fourth-order valence-corrected chi connectivity index (χ4v) is 4.96. The molecular formula is C35H47NO8. The Hall–Kier alpha value is -3.98. The molecule has 0 aliphatic heterocycles. The van der Waals surface area contributed by atoms with Gasteiger partial charge in [-0.05, 0) is 81.9 Å². The molecule has 0 unspecified atom stereocenters. The van der Waals surface area contributed by atoms with Gasteiger partial charge in [-0.3, -0.25) is 4.79 Å². The van der Waals surface area contributed by atoms with E-state index >= 15 is 0 Å². The molecule has 1 aromatic heterocycles. The van der Waals surface area contributed by atoms with Crippen molar-refractivity contribution in [1.29, 1.82) is 0 Å². The number of carboxylic acid groups (broad SMARTS) is 2. The highest BCUT2D eigenvalue weighted by molar-refractivity contribution is 6.27. The SMILES string of the molecule is CCCCc1oc2cc(C)c(C(=O)OC)cc2c1C(=O)c1ccc(CCCN(CCCC)CCCC)cc1.O=C(O)C(=O)O. The molecule has 0 saturated heterocycles. The first-order valence-electron chi connectivity index (χ1n) is 15.5. The molecule has 0 amide bonds. The highest BCUT2D eigenvalue weighted by Crippen LogP contribution is 2.32. The molecule has 9 heteroatoms. The summed E-state index contributed by atoms with van der Waals surface area (Å²) in [7, 11) is 1.37. The largest absolute Gasteiger partial charge is 0.473 e. The number of nitrogens with zero attached hydrogens (tertiary/aromatic N) is 1. The van der Waals surface area contributed by atoms with Crippen LogP contribution >= 0.6 is 0 Å². The molecule has 0 aliphatic carbocycles. The molecule has 0 spiro atoms. The number of hydrogen-bond acceptors (Lipinski definition) is 7. The molecule has 0 atom stereocenters. The second kappa shape index (κ2) is 18.6. The highest BCUT2D eigenvalue weighted by Gasteiger charge is 2.24. The summed E-state index contributed by atoms with van der Waals surface area (Å²) in [5, 5.41) is 15.5. The second-order valence-corrected chi connectivity index (χ2v) is 10.9. The summed E-state index contributed by atoms with van der Waals surface area (Å²) in [5.41, 5.74) is 4.32. The van der Waals surface area contributed by atoms with Crippen molar-refractivity contribution in [3.05, 3.63) is 70.0 Å². The van der Waals surface area contributed by atoms with Crippen LogP contribution in [0.4, 0.5) is 0 Å².